The van der Waals surface area contributed by atoms with Gasteiger partial charge in [0.2, 0.25) is 0 Å². The number of benzene rings is 1. The van der Waals surface area contributed by atoms with Gasteiger partial charge in [-0.2, -0.15) is 0 Å². The van der Waals surface area contributed by atoms with Crippen LogP contribution in [0.4, 0.5) is 8.78 Å². The van der Waals surface area contributed by atoms with Gasteiger partial charge in [0.1, 0.15) is 11.6 Å². The third-order valence-electron chi connectivity index (χ3n) is 1.78. The average molecular weight is 278 g/mol. The van der Waals surface area contributed by atoms with Gasteiger partial charge in [-0.25, -0.2) is 8.78 Å². The van der Waals surface area contributed by atoms with Gasteiger partial charge in [-0.3, -0.25) is 4.79 Å². The summed E-state index contributed by atoms with van der Waals surface area (Å²) in [5, 5.41) is 3.07. The predicted molar refractivity (Wildman–Crippen MR) is 57.1 cm³/mol. The van der Waals surface area contributed by atoms with Crippen molar-refractivity contribution in [3.63, 3.8) is 0 Å². The van der Waals surface area contributed by atoms with Gasteiger partial charge >= 0.3 is 0 Å². The van der Waals surface area contributed by atoms with Crippen molar-refractivity contribution in [1.82, 2.24) is 5.32 Å². The lowest BCUT2D eigenvalue weighted by Gasteiger charge is -2.10. The molecular weight excluding hydrogens is 268 g/mol. The molecule has 1 rings (SSSR count). The summed E-state index contributed by atoms with van der Waals surface area (Å²) in [7, 11) is 0. The van der Waals surface area contributed by atoms with Gasteiger partial charge in [0.25, 0.3) is 5.91 Å². The van der Waals surface area contributed by atoms with E-state index in [1.807, 2.05) is 0 Å². The lowest BCUT2D eigenvalue weighted by atomic mass is 10.2. The summed E-state index contributed by atoms with van der Waals surface area (Å²) >= 11 is 3.17. The van der Waals surface area contributed by atoms with Crippen molar-refractivity contribution < 1.29 is 13.6 Å². The SMILES string of the molecule is CC(CBr)NC(=O)c1cc(F)ccc1F. The van der Waals surface area contributed by atoms with Crippen LogP contribution in [-0.4, -0.2) is 17.3 Å². The Kier molecular flexibility index (Phi) is 4.20. The van der Waals surface area contributed by atoms with Gasteiger partial charge in [-0.15, -0.1) is 0 Å². The first-order chi connectivity index (χ1) is 7.04. The largest absolute Gasteiger partial charge is 0.349 e. The van der Waals surface area contributed by atoms with Gasteiger partial charge in [0, 0.05) is 11.4 Å². The Bertz CT molecular complexity index is 370. The molecular formula is C10H10BrF2NO. The van der Waals surface area contributed by atoms with E-state index in [1.165, 1.54) is 0 Å². The molecule has 0 aliphatic carbocycles. The third-order valence-corrected chi connectivity index (χ3v) is 2.75. The van der Waals surface area contributed by atoms with E-state index in [0.29, 0.717) is 5.33 Å². The monoisotopic (exact) mass is 277 g/mol. The molecule has 0 radical (unpaired) electrons. The molecule has 5 heteroatoms. The van der Waals surface area contributed by atoms with Crippen molar-refractivity contribution in [1.29, 1.82) is 0 Å². The van der Waals surface area contributed by atoms with Gasteiger partial charge in [0.15, 0.2) is 0 Å². The lowest BCUT2D eigenvalue weighted by Crippen LogP contribution is -2.34. The van der Waals surface area contributed by atoms with E-state index in [1.54, 1.807) is 6.92 Å². The molecule has 0 saturated heterocycles. The Labute approximate surface area is 94.8 Å². The first kappa shape index (κ1) is 12.1. The van der Waals surface area contributed by atoms with Gasteiger partial charge in [-0.1, -0.05) is 15.9 Å². The maximum Gasteiger partial charge on any atom is 0.254 e. The maximum absolute atomic E-state index is 13.1. The van der Waals surface area contributed by atoms with Crippen molar-refractivity contribution >= 4 is 21.8 Å². The molecule has 1 aromatic rings. The van der Waals surface area contributed by atoms with Crippen molar-refractivity contribution in [2.24, 2.45) is 0 Å². The topological polar surface area (TPSA) is 29.1 Å². The number of halogens is 3. The van der Waals surface area contributed by atoms with Crippen LogP contribution in [-0.2, 0) is 0 Å². The summed E-state index contributed by atoms with van der Waals surface area (Å²) in [6, 6.07) is 2.65. The number of carbonyl (C=O) groups is 1. The van der Waals surface area contributed by atoms with E-state index in [2.05, 4.69) is 21.2 Å². The van der Waals surface area contributed by atoms with E-state index in [0.717, 1.165) is 18.2 Å². The van der Waals surface area contributed by atoms with Crippen LogP contribution in [0.15, 0.2) is 18.2 Å². The molecule has 0 heterocycles. The van der Waals surface area contributed by atoms with Crippen LogP contribution in [0.2, 0.25) is 0 Å². The van der Waals surface area contributed by atoms with Crippen LogP contribution in [0.5, 0.6) is 0 Å². The van der Waals surface area contributed by atoms with Crippen molar-refractivity contribution in [2.45, 2.75) is 13.0 Å². The highest BCUT2D eigenvalue weighted by Gasteiger charge is 2.14. The molecule has 0 bridgehead atoms. The zero-order valence-corrected chi connectivity index (χ0v) is 9.64. The zero-order valence-electron chi connectivity index (χ0n) is 8.06. The van der Waals surface area contributed by atoms with Crippen LogP contribution in [0.25, 0.3) is 0 Å². The molecule has 1 aromatic carbocycles. The summed E-state index contributed by atoms with van der Waals surface area (Å²) in [4.78, 5) is 11.4. The second kappa shape index (κ2) is 5.21. The van der Waals surface area contributed by atoms with Crippen molar-refractivity contribution in [3.8, 4) is 0 Å². The van der Waals surface area contributed by atoms with E-state index in [-0.39, 0.29) is 11.6 Å². The van der Waals surface area contributed by atoms with Crippen molar-refractivity contribution in [3.05, 3.63) is 35.4 Å². The van der Waals surface area contributed by atoms with Crippen LogP contribution in [0.1, 0.15) is 17.3 Å². The number of hydrogen-bond donors (Lipinski definition) is 1. The predicted octanol–water partition coefficient (Wildman–Crippen LogP) is 2.48. The molecule has 1 N–H and O–H groups in total. The van der Waals surface area contributed by atoms with Crippen LogP contribution in [0.3, 0.4) is 0 Å². The zero-order chi connectivity index (χ0) is 11.4. The fourth-order valence-electron chi connectivity index (χ4n) is 1.01. The van der Waals surface area contributed by atoms with Gasteiger partial charge in [0.05, 0.1) is 5.56 Å². The van der Waals surface area contributed by atoms with E-state index < -0.39 is 17.5 Å². The molecule has 15 heavy (non-hydrogen) atoms. The Hall–Kier alpha value is -0.970. The molecule has 82 valence electrons. The molecule has 0 saturated carbocycles. The average Bonchev–Trinajstić information content (AvgIpc) is 2.21. The summed E-state index contributed by atoms with van der Waals surface area (Å²) in [6.45, 7) is 1.75. The highest BCUT2D eigenvalue weighted by atomic mass is 79.9. The molecule has 2 nitrogen and oxygen atoms in total. The molecule has 0 aliphatic rings. The number of nitrogens with one attached hydrogen (secondary N) is 1. The summed E-state index contributed by atoms with van der Waals surface area (Å²) in [5.74, 6) is -1.97. The minimum absolute atomic E-state index is 0.139. The number of hydrogen-bond acceptors (Lipinski definition) is 1. The molecule has 1 unspecified atom stereocenters. The van der Waals surface area contributed by atoms with Crippen LogP contribution >= 0.6 is 15.9 Å². The first-order valence-corrected chi connectivity index (χ1v) is 5.48. The quantitative estimate of drug-likeness (QED) is 0.845. The second-order valence-corrected chi connectivity index (χ2v) is 3.80. The summed E-state index contributed by atoms with van der Waals surface area (Å²) < 4.78 is 25.9. The number of amides is 1. The molecule has 0 fully saturated rings. The highest BCUT2D eigenvalue weighted by Crippen LogP contribution is 2.09. The van der Waals surface area contributed by atoms with Crippen LogP contribution in [0, 0.1) is 11.6 Å². The summed E-state index contributed by atoms with van der Waals surface area (Å²) in [5.41, 5.74) is -0.275. The molecule has 1 amide bonds. The molecule has 0 spiro atoms. The Balaban J connectivity index is 2.86. The Morgan fingerprint density at radius 3 is 2.80 bits per heavy atom. The fourth-order valence-corrected chi connectivity index (χ4v) is 1.17. The van der Waals surface area contributed by atoms with Crippen molar-refractivity contribution in [2.75, 3.05) is 5.33 Å². The minimum atomic E-state index is -0.726. The molecule has 1 atom stereocenters. The normalized spacial score (nSPS) is 12.3. The smallest absolute Gasteiger partial charge is 0.254 e. The molecule has 0 aromatic heterocycles. The Morgan fingerprint density at radius 2 is 2.20 bits per heavy atom. The van der Waals surface area contributed by atoms with Crippen LogP contribution < -0.4 is 5.32 Å². The maximum atomic E-state index is 13.1. The van der Waals surface area contributed by atoms with E-state index >= 15 is 0 Å². The van der Waals surface area contributed by atoms with E-state index in [4.69, 9.17) is 0 Å². The first-order valence-electron chi connectivity index (χ1n) is 4.36. The van der Waals surface area contributed by atoms with Gasteiger partial charge < -0.3 is 5.32 Å². The minimum Gasteiger partial charge on any atom is -0.349 e. The Morgan fingerprint density at radius 1 is 1.53 bits per heavy atom. The standard InChI is InChI=1S/C10H10BrF2NO/c1-6(5-11)14-10(15)8-4-7(12)2-3-9(8)13/h2-4,6H,5H2,1H3,(H,14,15). The lowest BCUT2D eigenvalue weighted by molar-refractivity contribution is 0.0939. The fraction of sp³-hybridized carbons (Fsp3) is 0.300. The second-order valence-electron chi connectivity index (χ2n) is 3.15. The number of carbonyl (C=O) groups excluding carboxylic acids is 1. The number of alkyl halides is 1. The van der Waals surface area contributed by atoms with E-state index in [9.17, 15) is 13.6 Å². The summed E-state index contributed by atoms with van der Waals surface area (Å²) in [6.07, 6.45) is 0. The third kappa shape index (κ3) is 3.27. The highest BCUT2D eigenvalue weighted by molar-refractivity contribution is 9.09. The van der Waals surface area contributed by atoms with Gasteiger partial charge in [-0.05, 0) is 25.1 Å². The number of rotatable bonds is 3. The molecule has 0 aliphatic heterocycles.